The maximum absolute atomic E-state index is 12.3. The van der Waals surface area contributed by atoms with Crippen molar-refractivity contribution in [3.05, 3.63) is 22.4 Å². The van der Waals surface area contributed by atoms with Crippen molar-refractivity contribution in [3.8, 4) is 0 Å². The molecule has 1 aliphatic heterocycles. The van der Waals surface area contributed by atoms with E-state index < -0.39 is 6.04 Å². The molecule has 1 aliphatic rings. The van der Waals surface area contributed by atoms with Gasteiger partial charge in [-0.1, -0.05) is 6.07 Å². The number of nitrogens with zero attached hydrogens (tertiary/aromatic N) is 1. The van der Waals surface area contributed by atoms with Gasteiger partial charge in [0.05, 0.1) is 6.54 Å². The van der Waals surface area contributed by atoms with Gasteiger partial charge in [0, 0.05) is 18.0 Å². The minimum Gasteiger partial charge on any atom is -0.354 e. The van der Waals surface area contributed by atoms with E-state index >= 15 is 0 Å². The number of carbonyl (C=O) groups excluding carboxylic acids is 2. The molecule has 1 unspecified atom stereocenters. The van der Waals surface area contributed by atoms with Gasteiger partial charge < -0.3 is 15.5 Å². The highest BCUT2D eigenvalue weighted by Crippen LogP contribution is 2.12. The molecule has 3 amide bonds. The molecule has 1 aromatic rings. The summed E-state index contributed by atoms with van der Waals surface area (Å²) in [7, 11) is 0. The molecule has 2 N–H and O–H groups in total. The van der Waals surface area contributed by atoms with Gasteiger partial charge in [-0.15, -0.1) is 11.3 Å². The van der Waals surface area contributed by atoms with Gasteiger partial charge in [0.2, 0.25) is 5.91 Å². The normalized spacial score (nSPS) is 19.1. The molecule has 110 valence electrons. The number of amides is 3. The Morgan fingerprint density at radius 1 is 1.55 bits per heavy atom. The van der Waals surface area contributed by atoms with Crippen molar-refractivity contribution >= 4 is 23.3 Å². The van der Waals surface area contributed by atoms with Crippen molar-refractivity contribution < 1.29 is 9.59 Å². The van der Waals surface area contributed by atoms with Crippen LogP contribution in [0.3, 0.4) is 0 Å². The Morgan fingerprint density at radius 2 is 2.40 bits per heavy atom. The van der Waals surface area contributed by atoms with Crippen molar-refractivity contribution in [2.24, 2.45) is 0 Å². The molecule has 0 saturated carbocycles. The summed E-state index contributed by atoms with van der Waals surface area (Å²) in [4.78, 5) is 27.0. The van der Waals surface area contributed by atoms with Crippen LogP contribution in [0.1, 0.15) is 31.1 Å². The van der Waals surface area contributed by atoms with E-state index in [2.05, 4.69) is 10.6 Å². The summed E-state index contributed by atoms with van der Waals surface area (Å²) in [6, 6.07) is 3.43. The van der Waals surface area contributed by atoms with Crippen molar-refractivity contribution in [2.45, 2.75) is 38.8 Å². The SMILES string of the molecule is CCN(Cc1cccs1)C(=O)NC1CCCCNC1=O. The van der Waals surface area contributed by atoms with Crippen LogP contribution in [-0.4, -0.2) is 36.0 Å². The Balaban J connectivity index is 1.92. The first kappa shape index (κ1) is 14.8. The Hall–Kier alpha value is -1.56. The molecule has 2 heterocycles. The second-order valence-corrected chi connectivity index (χ2v) is 5.91. The molecule has 6 heteroatoms. The predicted molar refractivity (Wildman–Crippen MR) is 79.6 cm³/mol. The second kappa shape index (κ2) is 7.28. The Kier molecular flexibility index (Phi) is 5.40. The standard InChI is InChI=1S/C14H21N3O2S/c1-2-17(10-11-6-5-9-20-11)14(19)16-12-7-3-4-8-15-13(12)18/h5-6,9,12H,2-4,7-8,10H2,1H3,(H,15,18)(H,16,19). The zero-order valence-electron chi connectivity index (χ0n) is 11.7. The number of urea groups is 1. The van der Waals surface area contributed by atoms with E-state index in [-0.39, 0.29) is 11.9 Å². The van der Waals surface area contributed by atoms with E-state index in [4.69, 9.17) is 0 Å². The van der Waals surface area contributed by atoms with Crippen LogP contribution in [0.15, 0.2) is 17.5 Å². The fraction of sp³-hybridized carbons (Fsp3) is 0.571. The number of rotatable bonds is 4. The zero-order chi connectivity index (χ0) is 14.4. The lowest BCUT2D eigenvalue weighted by Gasteiger charge is -2.24. The summed E-state index contributed by atoms with van der Waals surface area (Å²) in [5, 5.41) is 7.68. The van der Waals surface area contributed by atoms with Crippen molar-refractivity contribution in [1.29, 1.82) is 0 Å². The molecule has 1 atom stereocenters. The summed E-state index contributed by atoms with van der Waals surface area (Å²) < 4.78 is 0. The summed E-state index contributed by atoms with van der Waals surface area (Å²) in [6.07, 6.45) is 2.65. The van der Waals surface area contributed by atoms with E-state index in [9.17, 15) is 9.59 Å². The van der Waals surface area contributed by atoms with Gasteiger partial charge in [0.1, 0.15) is 6.04 Å². The minimum absolute atomic E-state index is 0.0666. The molecule has 5 nitrogen and oxygen atoms in total. The van der Waals surface area contributed by atoms with E-state index in [0.717, 1.165) is 17.7 Å². The van der Waals surface area contributed by atoms with Gasteiger partial charge in [0.25, 0.3) is 0 Å². The fourth-order valence-corrected chi connectivity index (χ4v) is 2.95. The lowest BCUT2D eigenvalue weighted by Crippen LogP contribution is -2.50. The highest BCUT2D eigenvalue weighted by Gasteiger charge is 2.24. The smallest absolute Gasteiger partial charge is 0.318 e. The third-order valence-electron chi connectivity index (χ3n) is 3.43. The van der Waals surface area contributed by atoms with E-state index in [1.54, 1.807) is 16.2 Å². The fourth-order valence-electron chi connectivity index (χ4n) is 2.24. The van der Waals surface area contributed by atoms with Gasteiger partial charge in [-0.2, -0.15) is 0 Å². The maximum atomic E-state index is 12.3. The Labute approximate surface area is 123 Å². The molecule has 0 spiro atoms. The highest BCUT2D eigenvalue weighted by atomic mass is 32.1. The van der Waals surface area contributed by atoms with E-state index in [1.165, 1.54) is 0 Å². The molecule has 1 fully saturated rings. The lowest BCUT2D eigenvalue weighted by molar-refractivity contribution is -0.122. The average molecular weight is 295 g/mol. The van der Waals surface area contributed by atoms with E-state index in [1.807, 2.05) is 24.4 Å². The van der Waals surface area contributed by atoms with Gasteiger partial charge in [-0.25, -0.2) is 4.79 Å². The molecule has 1 saturated heterocycles. The minimum atomic E-state index is -0.401. The molecule has 0 aliphatic carbocycles. The zero-order valence-corrected chi connectivity index (χ0v) is 12.5. The monoisotopic (exact) mass is 295 g/mol. The van der Waals surface area contributed by atoms with Gasteiger partial charge in [-0.3, -0.25) is 4.79 Å². The predicted octanol–water partition coefficient (Wildman–Crippen LogP) is 1.95. The summed E-state index contributed by atoms with van der Waals surface area (Å²) in [5.41, 5.74) is 0. The van der Waals surface area contributed by atoms with Gasteiger partial charge in [0.15, 0.2) is 0 Å². The van der Waals surface area contributed by atoms with Crippen LogP contribution >= 0.6 is 11.3 Å². The maximum Gasteiger partial charge on any atom is 0.318 e. The van der Waals surface area contributed by atoms with Crippen LogP contribution in [-0.2, 0) is 11.3 Å². The van der Waals surface area contributed by atoms with E-state index in [0.29, 0.717) is 26.1 Å². The topological polar surface area (TPSA) is 61.4 Å². The average Bonchev–Trinajstić information content (AvgIpc) is 2.87. The number of carbonyl (C=O) groups is 2. The largest absolute Gasteiger partial charge is 0.354 e. The first-order valence-electron chi connectivity index (χ1n) is 7.06. The number of thiophene rings is 1. The first-order valence-corrected chi connectivity index (χ1v) is 7.94. The van der Waals surface area contributed by atoms with Gasteiger partial charge in [-0.05, 0) is 37.6 Å². The first-order chi connectivity index (χ1) is 9.70. The summed E-state index contributed by atoms with van der Waals surface area (Å²) >= 11 is 1.63. The molecule has 20 heavy (non-hydrogen) atoms. The van der Waals surface area contributed by atoms with Crippen LogP contribution < -0.4 is 10.6 Å². The molecule has 0 radical (unpaired) electrons. The van der Waals surface area contributed by atoms with Crippen LogP contribution in [0, 0.1) is 0 Å². The highest BCUT2D eigenvalue weighted by molar-refractivity contribution is 7.09. The third kappa shape index (κ3) is 3.96. The Bertz CT molecular complexity index is 447. The molecule has 0 aromatic carbocycles. The van der Waals surface area contributed by atoms with Crippen molar-refractivity contribution in [1.82, 2.24) is 15.5 Å². The van der Waals surface area contributed by atoms with Crippen LogP contribution in [0.2, 0.25) is 0 Å². The molecule has 1 aromatic heterocycles. The molecular weight excluding hydrogens is 274 g/mol. The van der Waals surface area contributed by atoms with Crippen molar-refractivity contribution in [3.63, 3.8) is 0 Å². The number of hydrogen-bond donors (Lipinski definition) is 2. The lowest BCUT2D eigenvalue weighted by atomic mass is 10.1. The number of hydrogen-bond acceptors (Lipinski definition) is 3. The van der Waals surface area contributed by atoms with Crippen LogP contribution in [0.5, 0.6) is 0 Å². The molecule has 0 bridgehead atoms. The van der Waals surface area contributed by atoms with Gasteiger partial charge >= 0.3 is 6.03 Å². The quantitative estimate of drug-likeness (QED) is 0.892. The summed E-state index contributed by atoms with van der Waals surface area (Å²) in [6.45, 7) is 3.87. The Morgan fingerprint density at radius 3 is 3.10 bits per heavy atom. The second-order valence-electron chi connectivity index (χ2n) is 4.88. The van der Waals surface area contributed by atoms with Crippen LogP contribution in [0.4, 0.5) is 4.79 Å². The summed E-state index contributed by atoms with van der Waals surface area (Å²) in [5.74, 6) is -0.0666. The molecular formula is C14H21N3O2S. The van der Waals surface area contributed by atoms with Crippen LogP contribution in [0.25, 0.3) is 0 Å². The van der Waals surface area contributed by atoms with Crippen molar-refractivity contribution in [2.75, 3.05) is 13.1 Å². The number of nitrogens with one attached hydrogen (secondary N) is 2. The molecule has 2 rings (SSSR count). The third-order valence-corrected chi connectivity index (χ3v) is 4.29.